The fourth-order valence-corrected chi connectivity index (χ4v) is 5.25. The van der Waals surface area contributed by atoms with Gasteiger partial charge in [-0.25, -0.2) is 27.5 Å². The first kappa shape index (κ1) is 27.9. The molecule has 5 atom stereocenters. The number of carbonyl (C=O) groups is 2. The first-order valence-electron chi connectivity index (χ1n) is 11.2. The molecule has 2 aliphatic carbocycles. The Kier molecular flexibility index (Phi) is 7.23. The third kappa shape index (κ3) is 5.22. The maximum Gasteiger partial charge on any atom is 0.573 e. The van der Waals surface area contributed by atoms with Gasteiger partial charge in [0.15, 0.2) is 11.4 Å². The number of amides is 2. The number of alkyl halides is 7. The van der Waals surface area contributed by atoms with Crippen LogP contribution >= 0.6 is 11.6 Å². The van der Waals surface area contributed by atoms with Gasteiger partial charge < -0.3 is 10.1 Å². The number of rotatable bonds is 7. The molecule has 0 radical (unpaired) electrons. The van der Waals surface area contributed by atoms with E-state index in [2.05, 4.69) is 20.0 Å². The van der Waals surface area contributed by atoms with Gasteiger partial charge in [-0.3, -0.25) is 14.5 Å². The molecule has 38 heavy (non-hydrogen) atoms. The lowest BCUT2D eigenvalue weighted by atomic mass is 9.87. The van der Waals surface area contributed by atoms with Crippen LogP contribution in [0.5, 0.6) is 5.75 Å². The summed E-state index contributed by atoms with van der Waals surface area (Å²) in [5.74, 6) is -9.52. The Bertz CT molecular complexity index is 1220. The number of carbonyl (C=O) groups excluding carboxylic acids is 2. The average Bonchev–Trinajstić information content (AvgIpc) is 3.35. The molecule has 2 bridgehead atoms. The molecular weight excluding hydrogens is 549 g/mol. The van der Waals surface area contributed by atoms with Crippen LogP contribution in [0.4, 0.5) is 36.4 Å². The molecule has 1 unspecified atom stereocenters. The summed E-state index contributed by atoms with van der Waals surface area (Å²) in [4.78, 5) is 34.7. The highest BCUT2D eigenvalue weighted by atomic mass is 35.5. The number of hydrogen-bond acceptors (Lipinski definition) is 5. The molecule has 4 rings (SSSR count). The van der Waals surface area contributed by atoms with Gasteiger partial charge in [-0.1, -0.05) is 11.6 Å². The Labute approximate surface area is 216 Å². The van der Waals surface area contributed by atoms with Crippen LogP contribution in [0.2, 0.25) is 0 Å². The first-order chi connectivity index (χ1) is 17.6. The highest BCUT2D eigenvalue weighted by Gasteiger charge is 2.58. The summed E-state index contributed by atoms with van der Waals surface area (Å²) < 4.78 is 98.9. The quantitative estimate of drug-likeness (QED) is 0.381. The van der Waals surface area contributed by atoms with E-state index in [1.54, 1.807) is 0 Å². The molecule has 1 N–H and O–H groups in total. The van der Waals surface area contributed by atoms with E-state index in [4.69, 9.17) is 11.6 Å². The van der Waals surface area contributed by atoms with E-state index in [0.29, 0.717) is 23.1 Å². The maximum absolute atomic E-state index is 15.2. The average molecular weight is 569 g/mol. The monoisotopic (exact) mass is 568 g/mol. The summed E-state index contributed by atoms with van der Waals surface area (Å²) in [5, 5.41) is 2.61. The van der Waals surface area contributed by atoms with Crippen molar-refractivity contribution >= 4 is 29.1 Å². The number of ether oxygens (including phenoxy) is 1. The SMILES string of the molecule is C[C@@](C(=O)N[C@H]1C[C@@H]2CC1CC2(F)F)(c1cncnc1)N(C(=O)[C@H](F)Cl)c1ccc(OC(F)(F)F)cc1F. The van der Waals surface area contributed by atoms with Crippen molar-refractivity contribution in [1.82, 2.24) is 15.3 Å². The van der Waals surface area contributed by atoms with Crippen molar-refractivity contribution in [3.63, 3.8) is 0 Å². The molecule has 0 saturated heterocycles. The van der Waals surface area contributed by atoms with Gasteiger partial charge in [-0.2, -0.15) is 0 Å². The zero-order valence-corrected chi connectivity index (χ0v) is 20.2. The topological polar surface area (TPSA) is 84.4 Å². The highest BCUT2D eigenvalue weighted by molar-refractivity contribution is 6.32. The lowest BCUT2D eigenvalue weighted by Crippen LogP contribution is -2.60. The summed E-state index contributed by atoms with van der Waals surface area (Å²) >= 11 is 5.39. The number of nitrogens with zero attached hydrogens (tertiary/aromatic N) is 3. The van der Waals surface area contributed by atoms with Gasteiger partial charge in [0.1, 0.15) is 12.1 Å². The summed E-state index contributed by atoms with van der Waals surface area (Å²) in [6, 6.07) is 0.909. The zero-order valence-electron chi connectivity index (χ0n) is 19.5. The van der Waals surface area contributed by atoms with Gasteiger partial charge in [0.25, 0.3) is 23.4 Å². The normalized spacial score (nSPS) is 24.4. The Morgan fingerprint density at radius 1 is 1.21 bits per heavy atom. The third-order valence-electron chi connectivity index (χ3n) is 6.96. The van der Waals surface area contributed by atoms with Crippen molar-refractivity contribution in [2.75, 3.05) is 4.90 Å². The van der Waals surface area contributed by atoms with E-state index in [1.165, 1.54) is 0 Å². The van der Waals surface area contributed by atoms with E-state index in [9.17, 15) is 35.9 Å². The van der Waals surface area contributed by atoms with Crippen molar-refractivity contribution in [3.05, 3.63) is 48.3 Å². The number of fused-ring (bicyclic) bond motifs is 2. The van der Waals surface area contributed by atoms with Gasteiger partial charge in [0, 0.05) is 42.4 Å². The molecular formula is C23H20ClF7N4O3. The molecule has 15 heteroatoms. The molecule has 1 aromatic carbocycles. The largest absolute Gasteiger partial charge is 0.573 e. The Morgan fingerprint density at radius 2 is 1.87 bits per heavy atom. The minimum absolute atomic E-state index is 0.0577. The van der Waals surface area contributed by atoms with Crippen molar-refractivity contribution in [3.8, 4) is 5.75 Å². The second-order valence-corrected chi connectivity index (χ2v) is 9.69. The molecule has 2 fully saturated rings. The Balaban J connectivity index is 1.77. The minimum atomic E-state index is -5.16. The van der Waals surface area contributed by atoms with Crippen LogP contribution in [-0.2, 0) is 15.1 Å². The van der Waals surface area contributed by atoms with E-state index >= 15 is 4.39 Å². The molecule has 0 spiro atoms. The van der Waals surface area contributed by atoms with Crippen molar-refractivity contribution < 1.29 is 45.1 Å². The van der Waals surface area contributed by atoms with Crippen LogP contribution in [0.1, 0.15) is 31.7 Å². The number of halogens is 8. The van der Waals surface area contributed by atoms with Crippen LogP contribution in [0.15, 0.2) is 36.9 Å². The van der Waals surface area contributed by atoms with Crippen LogP contribution < -0.4 is 15.0 Å². The third-order valence-corrected chi connectivity index (χ3v) is 7.14. The Hall–Kier alpha value is -3.16. The molecule has 0 aliphatic heterocycles. The smallest absolute Gasteiger partial charge is 0.406 e. The molecule has 2 amide bonds. The van der Waals surface area contributed by atoms with Crippen molar-refractivity contribution in [2.45, 2.75) is 55.7 Å². The number of nitrogens with one attached hydrogen (secondary N) is 1. The predicted molar refractivity (Wildman–Crippen MR) is 118 cm³/mol. The van der Waals surface area contributed by atoms with Crippen LogP contribution in [0, 0.1) is 17.7 Å². The number of aromatic nitrogens is 2. The standard InChI is InChI=1S/C23H20ClF7N4O3/c1-21(13-8-32-10-33-9-13,20(37)34-16-5-12-4-11(16)7-22(12,27)28)35(19(36)18(24)26)17-3-2-14(6-15(17)25)38-23(29,30)31/h2-3,6,8-12,16,18H,4-5,7H2,1H3,(H,34,37)/t11?,12-,16-,18-,21-/m0/s1. The van der Waals surface area contributed by atoms with Gasteiger partial charge in [0.2, 0.25) is 0 Å². The van der Waals surface area contributed by atoms with Crippen LogP contribution in [-0.4, -0.2) is 45.7 Å². The van der Waals surface area contributed by atoms with Crippen molar-refractivity contribution in [2.24, 2.45) is 11.8 Å². The predicted octanol–water partition coefficient (Wildman–Crippen LogP) is 4.85. The maximum atomic E-state index is 15.2. The second-order valence-electron chi connectivity index (χ2n) is 9.31. The summed E-state index contributed by atoms with van der Waals surface area (Å²) in [6.07, 6.45) is -2.26. The summed E-state index contributed by atoms with van der Waals surface area (Å²) in [5.41, 5.74) is -6.09. The fourth-order valence-electron chi connectivity index (χ4n) is 5.15. The number of anilines is 1. The van der Waals surface area contributed by atoms with Gasteiger partial charge in [-0.15, -0.1) is 13.2 Å². The molecule has 2 aliphatic rings. The Morgan fingerprint density at radius 3 is 2.37 bits per heavy atom. The minimum Gasteiger partial charge on any atom is -0.406 e. The molecule has 1 aromatic heterocycles. The lowest BCUT2D eigenvalue weighted by Gasteiger charge is -2.41. The van der Waals surface area contributed by atoms with Gasteiger partial charge >= 0.3 is 6.36 Å². The van der Waals surface area contributed by atoms with Crippen LogP contribution in [0.25, 0.3) is 0 Å². The molecule has 2 saturated carbocycles. The molecule has 7 nitrogen and oxygen atoms in total. The van der Waals surface area contributed by atoms with Crippen LogP contribution in [0.3, 0.4) is 0 Å². The first-order valence-corrected chi connectivity index (χ1v) is 11.7. The van der Waals surface area contributed by atoms with Gasteiger partial charge in [0.05, 0.1) is 5.69 Å². The van der Waals surface area contributed by atoms with E-state index < -0.39 is 76.8 Å². The van der Waals surface area contributed by atoms with E-state index in [1.807, 2.05) is 0 Å². The lowest BCUT2D eigenvalue weighted by molar-refractivity contribution is -0.274. The summed E-state index contributed by atoms with van der Waals surface area (Å²) in [7, 11) is 0. The number of benzene rings is 1. The second kappa shape index (κ2) is 9.86. The van der Waals surface area contributed by atoms with Crippen molar-refractivity contribution in [1.29, 1.82) is 0 Å². The van der Waals surface area contributed by atoms with Gasteiger partial charge in [-0.05, 0) is 37.8 Å². The van der Waals surface area contributed by atoms with E-state index in [0.717, 1.165) is 25.6 Å². The zero-order chi connectivity index (χ0) is 28.0. The molecule has 206 valence electrons. The summed E-state index contributed by atoms with van der Waals surface area (Å²) in [6.45, 7) is 1.10. The molecule has 1 heterocycles. The molecule has 2 aromatic rings. The fraction of sp³-hybridized carbons (Fsp3) is 0.478. The number of hydrogen-bond donors (Lipinski definition) is 1. The highest BCUT2D eigenvalue weighted by Crippen LogP contribution is 2.54. The van der Waals surface area contributed by atoms with E-state index in [-0.39, 0.29) is 18.4 Å².